The van der Waals surface area contributed by atoms with Gasteiger partial charge in [-0.3, -0.25) is 4.79 Å². The molecule has 2 aromatic carbocycles. The molecular formula is C24H25N3O5. The maximum Gasteiger partial charge on any atom is 0.349 e. The van der Waals surface area contributed by atoms with Gasteiger partial charge in [0.05, 0.1) is 0 Å². The molecule has 1 N–H and O–H groups in total. The molecule has 1 aliphatic rings. The van der Waals surface area contributed by atoms with Crippen molar-refractivity contribution in [3.05, 3.63) is 53.6 Å². The first-order chi connectivity index (χ1) is 15.4. The van der Waals surface area contributed by atoms with E-state index >= 15 is 0 Å². The van der Waals surface area contributed by atoms with Gasteiger partial charge in [0.25, 0.3) is 5.91 Å². The molecule has 0 unspecified atom stereocenters. The molecule has 32 heavy (non-hydrogen) atoms. The lowest BCUT2D eigenvalue weighted by atomic mass is 10.1. The molecule has 0 saturated carbocycles. The molecular weight excluding hydrogens is 410 g/mol. The molecule has 0 atom stereocenters. The summed E-state index contributed by atoms with van der Waals surface area (Å²) in [6.45, 7) is 6.81. The van der Waals surface area contributed by atoms with E-state index in [1.165, 1.54) is 6.08 Å². The van der Waals surface area contributed by atoms with Crippen LogP contribution in [0.1, 0.15) is 26.3 Å². The van der Waals surface area contributed by atoms with Gasteiger partial charge in [0.1, 0.15) is 11.6 Å². The molecule has 0 bridgehead atoms. The monoisotopic (exact) mass is 435 g/mol. The van der Waals surface area contributed by atoms with E-state index in [9.17, 15) is 14.9 Å². The number of nitrogens with one attached hydrogen (secondary N) is 1. The average Bonchev–Trinajstić information content (AvgIpc) is 3.25. The van der Waals surface area contributed by atoms with Gasteiger partial charge in [-0.25, -0.2) is 4.79 Å². The smallest absolute Gasteiger partial charge is 0.349 e. The molecule has 3 rings (SSSR count). The van der Waals surface area contributed by atoms with E-state index in [0.717, 1.165) is 12.2 Å². The van der Waals surface area contributed by atoms with Crippen LogP contribution in [0.5, 0.6) is 11.5 Å². The number of fused-ring (bicyclic) bond motifs is 1. The minimum atomic E-state index is -0.883. The van der Waals surface area contributed by atoms with Crippen LogP contribution < -0.4 is 19.7 Å². The first kappa shape index (κ1) is 22.7. The largest absolute Gasteiger partial charge is 0.454 e. The lowest BCUT2D eigenvalue weighted by Gasteiger charge is -2.27. The fourth-order valence-corrected chi connectivity index (χ4v) is 3.29. The molecule has 0 radical (unpaired) electrons. The van der Waals surface area contributed by atoms with E-state index in [1.807, 2.05) is 12.1 Å². The van der Waals surface area contributed by atoms with Crippen molar-refractivity contribution in [3.8, 4) is 17.6 Å². The Balaban J connectivity index is 1.55. The van der Waals surface area contributed by atoms with Crippen molar-refractivity contribution < 1.29 is 23.8 Å². The number of nitriles is 1. The Morgan fingerprint density at radius 1 is 1.19 bits per heavy atom. The third-order valence-corrected chi connectivity index (χ3v) is 4.83. The van der Waals surface area contributed by atoms with E-state index in [0.29, 0.717) is 28.8 Å². The van der Waals surface area contributed by atoms with E-state index in [-0.39, 0.29) is 12.4 Å². The Morgan fingerprint density at radius 3 is 2.56 bits per heavy atom. The standard InChI is InChI=1S/C24H25N3O5/c1-4-27(16(2)3)20-8-6-19(7-9-20)26-23(28)14-30-24(29)18(13-25)11-17-5-10-21-22(12-17)32-15-31-21/h5-12,16H,4,14-15H2,1-3H3,(H,26,28)/b18-11+. The van der Waals surface area contributed by atoms with Crippen LogP contribution in [0, 0.1) is 11.3 Å². The summed E-state index contributed by atoms with van der Waals surface area (Å²) in [5, 5.41) is 12.0. The molecule has 2 aromatic rings. The summed E-state index contributed by atoms with van der Waals surface area (Å²) in [7, 11) is 0. The van der Waals surface area contributed by atoms with Crippen LogP contribution >= 0.6 is 0 Å². The molecule has 0 spiro atoms. The average molecular weight is 435 g/mol. The van der Waals surface area contributed by atoms with Crippen molar-refractivity contribution in [2.75, 3.05) is 30.2 Å². The molecule has 1 amide bonds. The van der Waals surface area contributed by atoms with E-state index < -0.39 is 18.5 Å². The van der Waals surface area contributed by atoms with E-state index in [4.69, 9.17) is 14.2 Å². The highest BCUT2D eigenvalue weighted by Crippen LogP contribution is 2.33. The maximum absolute atomic E-state index is 12.2. The van der Waals surface area contributed by atoms with Crippen molar-refractivity contribution in [2.24, 2.45) is 0 Å². The van der Waals surface area contributed by atoms with Gasteiger partial charge in [0.2, 0.25) is 6.79 Å². The molecule has 0 aliphatic carbocycles. The third-order valence-electron chi connectivity index (χ3n) is 4.83. The highest BCUT2D eigenvalue weighted by molar-refractivity contribution is 6.00. The quantitative estimate of drug-likeness (QED) is 0.383. The first-order valence-corrected chi connectivity index (χ1v) is 10.3. The Morgan fingerprint density at radius 2 is 1.91 bits per heavy atom. The Kier molecular flexibility index (Phi) is 7.34. The number of benzene rings is 2. The number of nitrogens with zero attached hydrogens (tertiary/aromatic N) is 2. The summed E-state index contributed by atoms with van der Waals surface area (Å²) in [5.41, 5.74) is 1.99. The van der Waals surface area contributed by atoms with Gasteiger partial charge in [-0.05, 0) is 68.8 Å². The zero-order valence-electron chi connectivity index (χ0n) is 18.3. The zero-order chi connectivity index (χ0) is 23.1. The van der Waals surface area contributed by atoms with Crippen molar-refractivity contribution in [1.82, 2.24) is 0 Å². The molecule has 1 aliphatic heterocycles. The number of anilines is 2. The summed E-state index contributed by atoms with van der Waals surface area (Å²) in [4.78, 5) is 26.6. The van der Waals surface area contributed by atoms with Crippen LogP contribution in [0.2, 0.25) is 0 Å². The number of amides is 1. The highest BCUT2D eigenvalue weighted by Gasteiger charge is 2.16. The molecule has 8 nitrogen and oxygen atoms in total. The molecule has 1 heterocycles. The minimum absolute atomic E-state index is 0.127. The summed E-state index contributed by atoms with van der Waals surface area (Å²) in [6, 6.07) is 14.6. The van der Waals surface area contributed by atoms with Crippen molar-refractivity contribution in [2.45, 2.75) is 26.8 Å². The number of carbonyl (C=O) groups is 2. The topological polar surface area (TPSA) is 101 Å². The normalized spacial score (nSPS) is 12.3. The van der Waals surface area contributed by atoms with Gasteiger partial charge >= 0.3 is 5.97 Å². The van der Waals surface area contributed by atoms with Gasteiger partial charge < -0.3 is 24.4 Å². The minimum Gasteiger partial charge on any atom is -0.454 e. The molecule has 8 heteroatoms. The summed E-state index contributed by atoms with van der Waals surface area (Å²) >= 11 is 0. The molecule has 166 valence electrons. The van der Waals surface area contributed by atoms with E-state index in [1.54, 1.807) is 36.4 Å². The van der Waals surface area contributed by atoms with Crippen molar-refractivity contribution in [1.29, 1.82) is 5.26 Å². The summed E-state index contributed by atoms with van der Waals surface area (Å²) in [5.74, 6) is -0.251. The van der Waals surface area contributed by atoms with Gasteiger partial charge in [0.15, 0.2) is 18.1 Å². The van der Waals surface area contributed by atoms with Crippen LogP contribution in [-0.4, -0.2) is 37.9 Å². The SMILES string of the molecule is CCN(c1ccc(NC(=O)COC(=O)/C(C#N)=C/c2ccc3c(c2)OCO3)cc1)C(C)C. The first-order valence-electron chi connectivity index (χ1n) is 10.3. The second-order valence-corrected chi connectivity index (χ2v) is 7.33. The summed E-state index contributed by atoms with van der Waals surface area (Å²) < 4.78 is 15.5. The Hall–Kier alpha value is -3.99. The molecule has 0 saturated heterocycles. The van der Waals surface area contributed by atoms with Crippen molar-refractivity contribution in [3.63, 3.8) is 0 Å². The van der Waals surface area contributed by atoms with Crippen LogP contribution in [0.4, 0.5) is 11.4 Å². The third kappa shape index (κ3) is 5.58. The van der Waals surface area contributed by atoms with Crippen molar-refractivity contribution >= 4 is 29.3 Å². The van der Waals surface area contributed by atoms with Gasteiger partial charge in [-0.15, -0.1) is 0 Å². The number of carbonyl (C=O) groups excluding carboxylic acids is 2. The summed E-state index contributed by atoms with van der Waals surface area (Å²) in [6.07, 6.45) is 1.37. The number of hydrogen-bond donors (Lipinski definition) is 1. The second kappa shape index (κ2) is 10.4. The lowest BCUT2D eigenvalue weighted by Crippen LogP contribution is -2.30. The van der Waals surface area contributed by atoms with Gasteiger partial charge in [-0.2, -0.15) is 5.26 Å². The second-order valence-electron chi connectivity index (χ2n) is 7.33. The lowest BCUT2D eigenvalue weighted by molar-refractivity contribution is -0.142. The van der Waals surface area contributed by atoms with Gasteiger partial charge in [-0.1, -0.05) is 6.07 Å². The molecule has 0 fully saturated rings. The van der Waals surface area contributed by atoms with Crippen LogP contribution in [0.25, 0.3) is 6.08 Å². The number of hydrogen-bond acceptors (Lipinski definition) is 7. The zero-order valence-corrected chi connectivity index (χ0v) is 18.3. The van der Waals surface area contributed by atoms with Gasteiger partial charge in [0, 0.05) is 24.0 Å². The number of esters is 1. The molecule has 0 aromatic heterocycles. The van der Waals surface area contributed by atoms with Crippen LogP contribution in [0.3, 0.4) is 0 Å². The van der Waals surface area contributed by atoms with Crippen LogP contribution in [-0.2, 0) is 14.3 Å². The van der Waals surface area contributed by atoms with E-state index in [2.05, 4.69) is 31.0 Å². The predicted molar refractivity (Wildman–Crippen MR) is 120 cm³/mol. The van der Waals surface area contributed by atoms with Crippen LogP contribution in [0.15, 0.2) is 48.0 Å². The number of ether oxygens (including phenoxy) is 3. The Labute approximate surface area is 187 Å². The highest BCUT2D eigenvalue weighted by atomic mass is 16.7. The Bertz CT molecular complexity index is 1050. The fraction of sp³-hybridized carbons (Fsp3) is 0.292. The number of rotatable bonds is 8. The maximum atomic E-state index is 12.2. The predicted octanol–water partition coefficient (Wildman–Crippen LogP) is 3.74. The fourth-order valence-electron chi connectivity index (χ4n) is 3.29.